The Balaban J connectivity index is 1.51. The SMILES string of the molecule is COc1ccc([C@H]2C[C@@H](O[C@@H]3OC[C@H](O)[C@H](O)[C@H]3O)[C@@H]3CCC[C@H]3O2)cc1O. The zero-order chi connectivity index (χ0) is 19.8. The van der Waals surface area contributed by atoms with Crippen LogP contribution in [0.1, 0.15) is 37.4 Å². The number of rotatable bonds is 4. The summed E-state index contributed by atoms with van der Waals surface area (Å²) in [4.78, 5) is 0. The van der Waals surface area contributed by atoms with Crippen LogP contribution >= 0.6 is 0 Å². The molecule has 0 radical (unpaired) electrons. The van der Waals surface area contributed by atoms with Gasteiger partial charge < -0.3 is 39.4 Å². The van der Waals surface area contributed by atoms with Crippen molar-refractivity contribution < 1.29 is 39.4 Å². The van der Waals surface area contributed by atoms with E-state index in [2.05, 4.69) is 0 Å². The fourth-order valence-corrected chi connectivity index (χ4v) is 4.55. The second kappa shape index (κ2) is 8.14. The van der Waals surface area contributed by atoms with Gasteiger partial charge in [0.25, 0.3) is 0 Å². The average Bonchev–Trinajstić information content (AvgIpc) is 3.17. The summed E-state index contributed by atoms with van der Waals surface area (Å²) >= 11 is 0. The van der Waals surface area contributed by atoms with Crippen LogP contribution < -0.4 is 4.74 Å². The molecule has 1 saturated carbocycles. The summed E-state index contributed by atoms with van der Waals surface area (Å²) in [5, 5.41) is 39.9. The number of aromatic hydroxyl groups is 1. The third kappa shape index (κ3) is 3.72. The lowest BCUT2D eigenvalue weighted by Gasteiger charge is -2.43. The number of benzene rings is 1. The van der Waals surface area contributed by atoms with E-state index in [4.69, 9.17) is 18.9 Å². The topological polar surface area (TPSA) is 118 Å². The third-order valence-corrected chi connectivity index (χ3v) is 6.10. The first-order chi connectivity index (χ1) is 13.5. The molecular formula is C20H28O8. The van der Waals surface area contributed by atoms with Gasteiger partial charge in [-0.3, -0.25) is 0 Å². The van der Waals surface area contributed by atoms with Crippen LogP contribution in [-0.2, 0) is 14.2 Å². The van der Waals surface area contributed by atoms with Crippen LogP contribution in [0.15, 0.2) is 18.2 Å². The molecule has 1 aromatic carbocycles. The minimum Gasteiger partial charge on any atom is -0.504 e. The van der Waals surface area contributed by atoms with Gasteiger partial charge in [0.1, 0.15) is 18.3 Å². The Bertz CT molecular complexity index is 682. The van der Waals surface area contributed by atoms with Gasteiger partial charge in [0.2, 0.25) is 0 Å². The molecule has 1 aromatic rings. The molecule has 4 rings (SSSR count). The molecule has 8 heteroatoms. The Morgan fingerprint density at radius 3 is 2.68 bits per heavy atom. The van der Waals surface area contributed by atoms with Crippen LogP contribution in [0.5, 0.6) is 11.5 Å². The molecule has 0 unspecified atom stereocenters. The Labute approximate surface area is 163 Å². The molecule has 0 bridgehead atoms. The Morgan fingerprint density at radius 2 is 1.93 bits per heavy atom. The molecule has 156 valence electrons. The molecule has 1 aliphatic carbocycles. The number of phenols is 1. The number of hydrogen-bond donors (Lipinski definition) is 4. The first-order valence-electron chi connectivity index (χ1n) is 9.81. The van der Waals surface area contributed by atoms with Crippen molar-refractivity contribution in [1.82, 2.24) is 0 Å². The number of fused-ring (bicyclic) bond motifs is 1. The highest BCUT2D eigenvalue weighted by atomic mass is 16.7. The molecule has 0 aromatic heterocycles. The number of hydrogen-bond acceptors (Lipinski definition) is 8. The number of aliphatic hydroxyl groups is 3. The highest BCUT2D eigenvalue weighted by molar-refractivity contribution is 5.42. The molecule has 4 N–H and O–H groups in total. The van der Waals surface area contributed by atoms with Gasteiger partial charge >= 0.3 is 0 Å². The maximum absolute atomic E-state index is 10.2. The van der Waals surface area contributed by atoms with Crippen molar-refractivity contribution in [3.8, 4) is 11.5 Å². The molecule has 2 saturated heterocycles. The monoisotopic (exact) mass is 396 g/mol. The zero-order valence-electron chi connectivity index (χ0n) is 15.8. The van der Waals surface area contributed by atoms with E-state index in [1.165, 1.54) is 7.11 Å². The van der Waals surface area contributed by atoms with E-state index in [9.17, 15) is 20.4 Å². The van der Waals surface area contributed by atoms with Crippen molar-refractivity contribution in [3.63, 3.8) is 0 Å². The molecule has 2 heterocycles. The van der Waals surface area contributed by atoms with Crippen LogP contribution in [0.4, 0.5) is 0 Å². The van der Waals surface area contributed by atoms with Gasteiger partial charge in [-0.05, 0) is 30.5 Å². The summed E-state index contributed by atoms with van der Waals surface area (Å²) in [6.45, 7) is -0.0873. The van der Waals surface area contributed by atoms with Crippen LogP contribution in [0.25, 0.3) is 0 Å². The largest absolute Gasteiger partial charge is 0.504 e. The standard InChI is InChI=1S/C20H28O8/c1-25-15-6-5-10(7-12(15)21)16-8-17(11-3-2-4-14(11)27-16)28-20-19(24)18(23)13(22)9-26-20/h5-7,11,13-14,16-24H,2-4,8-9H2,1H3/t11-,13+,14-,16-,17-,18+,19-,20+/m1/s1. The summed E-state index contributed by atoms with van der Waals surface area (Å²) < 4.78 is 22.9. The fourth-order valence-electron chi connectivity index (χ4n) is 4.55. The molecule has 8 atom stereocenters. The van der Waals surface area contributed by atoms with Crippen molar-refractivity contribution in [1.29, 1.82) is 0 Å². The summed E-state index contributed by atoms with van der Waals surface area (Å²) in [7, 11) is 1.50. The first kappa shape index (κ1) is 19.9. The summed E-state index contributed by atoms with van der Waals surface area (Å²) in [5.41, 5.74) is 0.831. The van der Waals surface area contributed by atoms with E-state index in [-0.39, 0.29) is 36.6 Å². The van der Waals surface area contributed by atoms with E-state index < -0.39 is 24.6 Å². The summed E-state index contributed by atoms with van der Waals surface area (Å²) in [6.07, 6.45) is -1.72. The van der Waals surface area contributed by atoms with Gasteiger partial charge in [-0.2, -0.15) is 0 Å². The Hall–Kier alpha value is -1.42. The lowest BCUT2D eigenvalue weighted by molar-refractivity contribution is -0.298. The molecule has 0 amide bonds. The van der Waals surface area contributed by atoms with Crippen molar-refractivity contribution >= 4 is 0 Å². The predicted molar refractivity (Wildman–Crippen MR) is 96.9 cm³/mol. The summed E-state index contributed by atoms with van der Waals surface area (Å²) in [5.74, 6) is 0.637. The van der Waals surface area contributed by atoms with Gasteiger partial charge in [-0.25, -0.2) is 0 Å². The molecule has 28 heavy (non-hydrogen) atoms. The minimum absolute atomic E-state index is 0.0317. The minimum atomic E-state index is -1.31. The van der Waals surface area contributed by atoms with E-state index in [1.807, 2.05) is 6.07 Å². The Morgan fingerprint density at radius 1 is 1.11 bits per heavy atom. The normalized spacial score (nSPS) is 40.9. The van der Waals surface area contributed by atoms with Gasteiger partial charge in [-0.15, -0.1) is 0 Å². The highest BCUT2D eigenvalue weighted by Gasteiger charge is 2.46. The van der Waals surface area contributed by atoms with Crippen LogP contribution in [0, 0.1) is 5.92 Å². The van der Waals surface area contributed by atoms with Crippen molar-refractivity contribution in [3.05, 3.63) is 23.8 Å². The maximum Gasteiger partial charge on any atom is 0.186 e. The van der Waals surface area contributed by atoms with Gasteiger partial charge in [0, 0.05) is 12.3 Å². The van der Waals surface area contributed by atoms with Gasteiger partial charge in [0.15, 0.2) is 17.8 Å². The lowest BCUT2D eigenvalue weighted by atomic mass is 9.88. The molecule has 3 fully saturated rings. The number of phenolic OH excluding ortho intramolecular Hbond substituents is 1. The molecule has 8 nitrogen and oxygen atoms in total. The molecule has 0 spiro atoms. The number of methoxy groups -OCH3 is 1. The van der Waals surface area contributed by atoms with Crippen molar-refractivity contribution in [2.45, 2.75) is 68.6 Å². The van der Waals surface area contributed by atoms with Crippen molar-refractivity contribution in [2.24, 2.45) is 5.92 Å². The molecule has 3 aliphatic rings. The van der Waals surface area contributed by atoms with E-state index in [0.717, 1.165) is 24.8 Å². The van der Waals surface area contributed by atoms with E-state index in [1.54, 1.807) is 12.1 Å². The predicted octanol–water partition coefficient (Wildman–Crippen LogP) is 0.855. The smallest absolute Gasteiger partial charge is 0.186 e. The van der Waals surface area contributed by atoms with E-state index in [0.29, 0.717) is 12.2 Å². The molecule has 2 aliphatic heterocycles. The molecular weight excluding hydrogens is 368 g/mol. The quantitative estimate of drug-likeness (QED) is 0.592. The maximum atomic E-state index is 10.2. The third-order valence-electron chi connectivity index (χ3n) is 6.10. The van der Waals surface area contributed by atoms with Crippen LogP contribution in [0.3, 0.4) is 0 Å². The second-order valence-corrected chi connectivity index (χ2v) is 7.85. The van der Waals surface area contributed by atoms with E-state index >= 15 is 0 Å². The first-order valence-corrected chi connectivity index (χ1v) is 9.81. The number of aliphatic hydroxyl groups excluding tert-OH is 3. The Kier molecular flexibility index (Phi) is 5.78. The van der Waals surface area contributed by atoms with Crippen LogP contribution in [0.2, 0.25) is 0 Å². The highest BCUT2D eigenvalue weighted by Crippen LogP contribution is 2.45. The van der Waals surface area contributed by atoms with Crippen molar-refractivity contribution in [2.75, 3.05) is 13.7 Å². The average molecular weight is 396 g/mol. The lowest BCUT2D eigenvalue weighted by Crippen LogP contribution is -2.55. The zero-order valence-corrected chi connectivity index (χ0v) is 15.8. The van der Waals surface area contributed by atoms with Crippen LogP contribution in [-0.4, -0.2) is 71.0 Å². The van der Waals surface area contributed by atoms with Gasteiger partial charge in [0.05, 0.1) is 32.0 Å². The number of ether oxygens (including phenoxy) is 4. The summed E-state index contributed by atoms with van der Waals surface area (Å²) in [6, 6.07) is 5.21. The van der Waals surface area contributed by atoms with Gasteiger partial charge in [-0.1, -0.05) is 12.5 Å². The second-order valence-electron chi connectivity index (χ2n) is 7.85. The fraction of sp³-hybridized carbons (Fsp3) is 0.700.